The third-order valence-electron chi connectivity index (χ3n) is 4.59. The molecule has 1 aliphatic heterocycles. The summed E-state index contributed by atoms with van der Waals surface area (Å²) in [4.78, 5) is 10.2. The smallest absolute Gasteiger partial charge is 0.306 e. The Bertz CT molecular complexity index is 777. The van der Waals surface area contributed by atoms with Crippen molar-refractivity contribution >= 4 is 17.5 Å². The SMILES string of the molecule is CNc1nc(Nc2cnn([C@@H]3CCN(C)C3)c2C)ncc1C(F)(F)CF. The molecule has 3 heterocycles. The van der Waals surface area contributed by atoms with Gasteiger partial charge in [-0.1, -0.05) is 0 Å². The van der Waals surface area contributed by atoms with E-state index in [-0.39, 0.29) is 11.8 Å². The number of nitrogens with one attached hydrogen (secondary N) is 2. The topological polar surface area (TPSA) is 70.9 Å². The third-order valence-corrected chi connectivity index (χ3v) is 4.59. The van der Waals surface area contributed by atoms with Crippen LogP contribution in [0.25, 0.3) is 0 Å². The van der Waals surface area contributed by atoms with Crippen LogP contribution in [-0.4, -0.2) is 58.5 Å². The van der Waals surface area contributed by atoms with Crippen molar-refractivity contribution in [1.82, 2.24) is 24.6 Å². The molecule has 0 saturated carbocycles. The van der Waals surface area contributed by atoms with Crippen molar-refractivity contribution in [2.75, 3.05) is 44.5 Å². The van der Waals surface area contributed by atoms with E-state index in [4.69, 9.17) is 0 Å². The minimum absolute atomic E-state index is 0.118. The molecule has 1 saturated heterocycles. The first-order valence-corrected chi connectivity index (χ1v) is 8.34. The van der Waals surface area contributed by atoms with Gasteiger partial charge in [-0.3, -0.25) is 4.68 Å². The summed E-state index contributed by atoms with van der Waals surface area (Å²) < 4.78 is 41.8. The molecular weight excluding hydrogens is 347 g/mol. The Morgan fingerprint density at radius 1 is 1.35 bits per heavy atom. The zero-order chi connectivity index (χ0) is 18.9. The lowest BCUT2D eigenvalue weighted by atomic mass is 10.2. The van der Waals surface area contributed by atoms with Crippen molar-refractivity contribution in [3.8, 4) is 0 Å². The Hall–Kier alpha value is -2.36. The number of anilines is 3. The van der Waals surface area contributed by atoms with E-state index in [1.807, 2.05) is 11.6 Å². The standard InChI is InChI=1S/C16H22F3N7/c1-10-13(7-22-26(10)11-4-5-25(3)8-11)23-15-21-6-12(14(20-2)24-15)16(18,19)9-17/h6-7,11H,4-5,8-9H2,1-3H3,(H2,20,21,23,24)/t11-/m1/s1. The van der Waals surface area contributed by atoms with Gasteiger partial charge in [0.1, 0.15) is 5.82 Å². The van der Waals surface area contributed by atoms with Crippen molar-refractivity contribution in [2.24, 2.45) is 0 Å². The highest BCUT2D eigenvalue weighted by Gasteiger charge is 2.35. The fourth-order valence-corrected chi connectivity index (χ4v) is 3.12. The Morgan fingerprint density at radius 2 is 2.12 bits per heavy atom. The van der Waals surface area contributed by atoms with Crippen LogP contribution in [-0.2, 0) is 5.92 Å². The van der Waals surface area contributed by atoms with Gasteiger partial charge in [0.15, 0.2) is 6.67 Å². The average molecular weight is 369 g/mol. The van der Waals surface area contributed by atoms with Crippen LogP contribution >= 0.6 is 0 Å². The molecule has 10 heteroatoms. The molecule has 2 aromatic heterocycles. The highest BCUT2D eigenvalue weighted by molar-refractivity contribution is 5.58. The van der Waals surface area contributed by atoms with Gasteiger partial charge in [0.2, 0.25) is 5.95 Å². The number of hydrogen-bond acceptors (Lipinski definition) is 6. The average Bonchev–Trinajstić information content (AvgIpc) is 3.21. The van der Waals surface area contributed by atoms with Crippen molar-refractivity contribution in [3.05, 3.63) is 23.7 Å². The molecule has 0 spiro atoms. The molecule has 0 aliphatic carbocycles. The number of halogens is 3. The molecule has 2 N–H and O–H groups in total. The highest BCUT2D eigenvalue weighted by Crippen LogP contribution is 2.33. The molecule has 142 valence electrons. The molecule has 0 amide bonds. The van der Waals surface area contributed by atoms with Gasteiger partial charge in [-0.2, -0.15) is 18.9 Å². The van der Waals surface area contributed by atoms with Crippen molar-refractivity contribution < 1.29 is 13.2 Å². The first kappa shape index (κ1) is 18.4. The number of nitrogens with zero attached hydrogens (tertiary/aromatic N) is 5. The van der Waals surface area contributed by atoms with E-state index in [9.17, 15) is 13.2 Å². The van der Waals surface area contributed by atoms with E-state index in [2.05, 4.69) is 37.6 Å². The van der Waals surface area contributed by atoms with Gasteiger partial charge in [-0.15, -0.1) is 0 Å². The molecule has 1 aliphatic rings. The van der Waals surface area contributed by atoms with Crippen LogP contribution in [0.4, 0.5) is 30.6 Å². The molecule has 1 fully saturated rings. The predicted octanol–water partition coefficient (Wildman–Crippen LogP) is 2.70. The number of likely N-dealkylation sites (tertiary alicyclic amines) is 1. The number of aromatic nitrogens is 4. The normalized spacial score (nSPS) is 18.3. The Labute approximate surface area is 149 Å². The lowest BCUT2D eigenvalue weighted by molar-refractivity contribution is -0.0279. The lowest BCUT2D eigenvalue weighted by Gasteiger charge is -2.16. The second-order valence-corrected chi connectivity index (χ2v) is 6.46. The summed E-state index contributed by atoms with van der Waals surface area (Å²) in [5.74, 6) is -3.61. The first-order chi connectivity index (χ1) is 12.4. The zero-order valence-corrected chi connectivity index (χ0v) is 14.9. The molecule has 0 bridgehead atoms. The van der Waals surface area contributed by atoms with Crippen LogP contribution < -0.4 is 10.6 Å². The monoisotopic (exact) mass is 369 g/mol. The molecule has 3 rings (SSSR count). The van der Waals surface area contributed by atoms with Crippen molar-refractivity contribution in [3.63, 3.8) is 0 Å². The maximum Gasteiger partial charge on any atom is 0.306 e. The Kier molecular flexibility index (Phi) is 5.03. The number of alkyl halides is 3. The number of hydrogen-bond donors (Lipinski definition) is 2. The van der Waals surface area contributed by atoms with Gasteiger partial charge < -0.3 is 15.5 Å². The van der Waals surface area contributed by atoms with E-state index in [1.165, 1.54) is 7.05 Å². The first-order valence-electron chi connectivity index (χ1n) is 8.34. The Morgan fingerprint density at radius 3 is 2.73 bits per heavy atom. The van der Waals surface area contributed by atoms with Crippen LogP contribution in [0.15, 0.2) is 12.4 Å². The molecule has 2 aromatic rings. The zero-order valence-electron chi connectivity index (χ0n) is 14.9. The lowest BCUT2D eigenvalue weighted by Crippen LogP contribution is -2.19. The summed E-state index contributed by atoms with van der Waals surface area (Å²) in [5, 5.41) is 10.00. The molecule has 0 aromatic carbocycles. The molecule has 0 radical (unpaired) electrons. The number of rotatable bonds is 6. The fourth-order valence-electron chi connectivity index (χ4n) is 3.12. The van der Waals surface area contributed by atoms with E-state index in [0.717, 1.165) is 31.4 Å². The highest BCUT2D eigenvalue weighted by atomic mass is 19.3. The van der Waals surface area contributed by atoms with Gasteiger partial charge in [0.05, 0.1) is 29.2 Å². The van der Waals surface area contributed by atoms with Crippen LogP contribution in [0.1, 0.15) is 23.7 Å². The van der Waals surface area contributed by atoms with Crippen molar-refractivity contribution in [1.29, 1.82) is 0 Å². The van der Waals surface area contributed by atoms with Gasteiger partial charge in [-0.05, 0) is 26.9 Å². The van der Waals surface area contributed by atoms with E-state index in [0.29, 0.717) is 11.7 Å². The van der Waals surface area contributed by atoms with Gasteiger partial charge in [-0.25, -0.2) is 9.37 Å². The summed E-state index contributed by atoms with van der Waals surface area (Å²) in [6.45, 7) is 2.07. The maximum atomic E-state index is 13.6. The van der Waals surface area contributed by atoms with Crippen LogP contribution in [0.5, 0.6) is 0 Å². The minimum atomic E-state index is -3.63. The van der Waals surface area contributed by atoms with Gasteiger partial charge >= 0.3 is 5.92 Å². The summed E-state index contributed by atoms with van der Waals surface area (Å²) in [6.07, 6.45) is 3.62. The molecule has 1 atom stereocenters. The third kappa shape index (κ3) is 3.46. The molecule has 26 heavy (non-hydrogen) atoms. The maximum absolute atomic E-state index is 13.6. The van der Waals surface area contributed by atoms with E-state index < -0.39 is 18.2 Å². The van der Waals surface area contributed by atoms with Crippen LogP contribution in [0, 0.1) is 6.92 Å². The largest absolute Gasteiger partial charge is 0.373 e. The predicted molar refractivity (Wildman–Crippen MR) is 92.8 cm³/mol. The minimum Gasteiger partial charge on any atom is -0.373 e. The fraction of sp³-hybridized carbons (Fsp3) is 0.562. The van der Waals surface area contributed by atoms with E-state index in [1.54, 1.807) is 6.20 Å². The summed E-state index contributed by atoms with van der Waals surface area (Å²) >= 11 is 0. The molecule has 0 unspecified atom stereocenters. The molecular formula is C16H22F3N7. The summed E-state index contributed by atoms with van der Waals surface area (Å²) in [7, 11) is 3.52. The van der Waals surface area contributed by atoms with Gasteiger partial charge in [0.25, 0.3) is 0 Å². The Balaban J connectivity index is 1.82. The van der Waals surface area contributed by atoms with Crippen LogP contribution in [0.3, 0.4) is 0 Å². The summed E-state index contributed by atoms with van der Waals surface area (Å²) in [5.41, 5.74) is 1.04. The van der Waals surface area contributed by atoms with E-state index >= 15 is 0 Å². The number of likely N-dealkylation sites (N-methyl/N-ethyl adjacent to an activating group) is 1. The quantitative estimate of drug-likeness (QED) is 0.816. The molecule has 7 nitrogen and oxygen atoms in total. The summed E-state index contributed by atoms with van der Waals surface area (Å²) in [6, 6.07) is 0.301. The van der Waals surface area contributed by atoms with Gasteiger partial charge in [0, 0.05) is 19.8 Å². The second-order valence-electron chi connectivity index (χ2n) is 6.46. The van der Waals surface area contributed by atoms with Crippen molar-refractivity contribution in [2.45, 2.75) is 25.3 Å². The second kappa shape index (κ2) is 7.10. The van der Waals surface area contributed by atoms with Crippen LogP contribution in [0.2, 0.25) is 0 Å².